The monoisotopic (exact) mass is 329 g/mol. The number of benzene rings is 1. The van der Waals surface area contributed by atoms with Crippen LogP contribution in [0.15, 0.2) is 22.7 Å². The summed E-state index contributed by atoms with van der Waals surface area (Å²) in [4.78, 5) is 12.2. The Hall–Kier alpha value is -0.540. The van der Waals surface area contributed by atoms with Gasteiger partial charge in [0.1, 0.15) is 0 Å². The molecule has 0 spiro atoms. The van der Waals surface area contributed by atoms with Crippen LogP contribution in [0.25, 0.3) is 0 Å². The van der Waals surface area contributed by atoms with Crippen molar-refractivity contribution in [1.82, 2.24) is 5.32 Å². The predicted molar refractivity (Wildman–Crippen MR) is 78.0 cm³/mol. The van der Waals surface area contributed by atoms with Crippen LogP contribution in [0.4, 0.5) is 0 Å². The molecule has 0 heterocycles. The fourth-order valence-electron chi connectivity index (χ4n) is 2.50. The maximum atomic E-state index is 12.2. The van der Waals surface area contributed by atoms with Crippen molar-refractivity contribution >= 4 is 33.4 Å². The van der Waals surface area contributed by atoms with Gasteiger partial charge in [0, 0.05) is 10.5 Å². The van der Waals surface area contributed by atoms with Gasteiger partial charge in [-0.15, -0.1) is 0 Å². The van der Waals surface area contributed by atoms with Crippen molar-refractivity contribution in [2.24, 2.45) is 5.92 Å². The van der Waals surface area contributed by atoms with Gasteiger partial charge in [-0.3, -0.25) is 4.79 Å². The molecule has 18 heavy (non-hydrogen) atoms. The predicted octanol–water partition coefficient (Wildman–Crippen LogP) is 4.41. The van der Waals surface area contributed by atoms with Crippen molar-refractivity contribution in [2.45, 2.75) is 38.6 Å². The molecule has 0 aliphatic heterocycles. The van der Waals surface area contributed by atoms with Crippen LogP contribution in [-0.2, 0) is 0 Å². The van der Waals surface area contributed by atoms with E-state index < -0.39 is 0 Å². The molecule has 2 nitrogen and oxygen atoms in total. The van der Waals surface area contributed by atoms with Gasteiger partial charge in [0.2, 0.25) is 0 Å². The molecule has 1 aromatic rings. The van der Waals surface area contributed by atoms with E-state index in [1.807, 2.05) is 6.07 Å². The SMILES string of the molecule is CC1CCCC(NC(=O)c2cc(Br)ccc2Cl)C1. The highest BCUT2D eigenvalue weighted by Gasteiger charge is 2.21. The fraction of sp³-hybridized carbons (Fsp3) is 0.500. The second-order valence-corrected chi connectivity index (χ2v) is 6.39. The van der Waals surface area contributed by atoms with Crippen LogP contribution < -0.4 is 5.32 Å². The molecule has 0 aromatic heterocycles. The molecular weight excluding hydrogens is 314 g/mol. The van der Waals surface area contributed by atoms with E-state index in [2.05, 4.69) is 28.2 Å². The summed E-state index contributed by atoms with van der Waals surface area (Å²) in [6, 6.07) is 5.63. The van der Waals surface area contributed by atoms with Crippen LogP contribution in [0.1, 0.15) is 43.0 Å². The maximum absolute atomic E-state index is 12.2. The zero-order valence-corrected chi connectivity index (χ0v) is 12.7. The van der Waals surface area contributed by atoms with Gasteiger partial charge in [0.05, 0.1) is 10.6 Å². The molecule has 2 atom stereocenters. The van der Waals surface area contributed by atoms with Gasteiger partial charge in [-0.1, -0.05) is 47.3 Å². The molecule has 1 N–H and O–H groups in total. The molecule has 4 heteroatoms. The zero-order valence-electron chi connectivity index (χ0n) is 10.4. The van der Waals surface area contributed by atoms with E-state index in [0.29, 0.717) is 16.5 Å². The number of halogens is 2. The lowest BCUT2D eigenvalue weighted by molar-refractivity contribution is 0.0921. The third-order valence-electron chi connectivity index (χ3n) is 3.44. The Labute approximate surface area is 121 Å². The minimum absolute atomic E-state index is 0.0691. The van der Waals surface area contributed by atoms with Gasteiger partial charge < -0.3 is 5.32 Å². The fourth-order valence-corrected chi connectivity index (χ4v) is 3.06. The second kappa shape index (κ2) is 6.07. The number of hydrogen-bond acceptors (Lipinski definition) is 1. The summed E-state index contributed by atoms with van der Waals surface area (Å²) in [7, 11) is 0. The van der Waals surface area contributed by atoms with E-state index in [9.17, 15) is 4.79 Å². The molecule has 0 radical (unpaired) electrons. The number of hydrogen-bond donors (Lipinski definition) is 1. The zero-order chi connectivity index (χ0) is 13.1. The van der Waals surface area contributed by atoms with Gasteiger partial charge in [0.25, 0.3) is 5.91 Å². The largest absolute Gasteiger partial charge is 0.349 e. The van der Waals surface area contributed by atoms with Gasteiger partial charge >= 0.3 is 0 Å². The quantitative estimate of drug-likeness (QED) is 0.855. The number of carbonyl (C=O) groups is 1. The van der Waals surface area contributed by atoms with E-state index in [4.69, 9.17) is 11.6 Å². The first-order chi connectivity index (χ1) is 8.56. The molecule has 2 rings (SSSR count). The van der Waals surface area contributed by atoms with Gasteiger partial charge in [-0.25, -0.2) is 0 Å². The van der Waals surface area contributed by atoms with Crippen LogP contribution in [0, 0.1) is 5.92 Å². The van der Waals surface area contributed by atoms with Crippen LogP contribution in [-0.4, -0.2) is 11.9 Å². The van der Waals surface area contributed by atoms with E-state index in [0.717, 1.165) is 17.3 Å². The minimum atomic E-state index is -0.0691. The highest BCUT2D eigenvalue weighted by atomic mass is 79.9. The Kier molecular flexibility index (Phi) is 4.68. The van der Waals surface area contributed by atoms with E-state index in [1.165, 1.54) is 12.8 Å². The van der Waals surface area contributed by atoms with E-state index in [-0.39, 0.29) is 11.9 Å². The van der Waals surface area contributed by atoms with E-state index >= 15 is 0 Å². The Balaban J connectivity index is 2.05. The minimum Gasteiger partial charge on any atom is -0.349 e. The lowest BCUT2D eigenvalue weighted by atomic mass is 9.87. The lowest BCUT2D eigenvalue weighted by Crippen LogP contribution is -2.38. The molecule has 1 aromatic carbocycles. The van der Waals surface area contributed by atoms with Gasteiger partial charge in [0.15, 0.2) is 0 Å². The molecular formula is C14H17BrClNO. The molecule has 1 aliphatic rings. The second-order valence-electron chi connectivity index (χ2n) is 5.07. The summed E-state index contributed by atoms with van der Waals surface area (Å²) in [5, 5.41) is 3.59. The average molecular weight is 331 g/mol. The summed E-state index contributed by atoms with van der Waals surface area (Å²) in [6.07, 6.45) is 4.60. The van der Waals surface area contributed by atoms with Crippen molar-refractivity contribution in [1.29, 1.82) is 0 Å². The van der Waals surface area contributed by atoms with Crippen LogP contribution in [0.5, 0.6) is 0 Å². The number of amides is 1. The Morgan fingerprint density at radius 3 is 2.94 bits per heavy atom. The highest BCUT2D eigenvalue weighted by Crippen LogP contribution is 2.25. The molecule has 1 saturated carbocycles. The number of rotatable bonds is 2. The normalized spacial score (nSPS) is 23.7. The van der Waals surface area contributed by atoms with Crippen molar-refractivity contribution in [3.63, 3.8) is 0 Å². The first kappa shape index (κ1) is 13.9. The third kappa shape index (κ3) is 3.48. The molecule has 1 amide bonds. The summed E-state index contributed by atoms with van der Waals surface area (Å²) in [5.74, 6) is 0.627. The smallest absolute Gasteiger partial charge is 0.253 e. The first-order valence-electron chi connectivity index (χ1n) is 6.32. The molecule has 98 valence electrons. The Bertz CT molecular complexity index is 449. The standard InChI is InChI=1S/C14H17BrClNO/c1-9-3-2-4-11(7-9)17-14(18)12-8-10(15)5-6-13(12)16/h5-6,8-9,11H,2-4,7H2,1H3,(H,17,18). The molecule has 1 fully saturated rings. The summed E-state index contributed by atoms with van der Waals surface area (Å²) in [5.41, 5.74) is 0.546. The van der Waals surface area contributed by atoms with Crippen molar-refractivity contribution in [3.05, 3.63) is 33.3 Å². The van der Waals surface area contributed by atoms with Crippen molar-refractivity contribution in [2.75, 3.05) is 0 Å². The van der Waals surface area contributed by atoms with Crippen LogP contribution >= 0.6 is 27.5 Å². The van der Waals surface area contributed by atoms with Gasteiger partial charge in [-0.05, 0) is 37.0 Å². The number of carbonyl (C=O) groups excluding carboxylic acids is 1. The van der Waals surface area contributed by atoms with E-state index in [1.54, 1.807) is 12.1 Å². The summed E-state index contributed by atoms with van der Waals surface area (Å²) in [6.45, 7) is 2.24. The molecule has 1 aliphatic carbocycles. The topological polar surface area (TPSA) is 29.1 Å². The Morgan fingerprint density at radius 2 is 2.22 bits per heavy atom. The molecule has 0 bridgehead atoms. The Morgan fingerprint density at radius 1 is 1.44 bits per heavy atom. The maximum Gasteiger partial charge on any atom is 0.253 e. The molecule has 2 unspecified atom stereocenters. The van der Waals surface area contributed by atoms with Crippen LogP contribution in [0.2, 0.25) is 5.02 Å². The lowest BCUT2D eigenvalue weighted by Gasteiger charge is -2.27. The third-order valence-corrected chi connectivity index (χ3v) is 4.27. The molecule has 0 saturated heterocycles. The average Bonchev–Trinajstić information content (AvgIpc) is 2.32. The van der Waals surface area contributed by atoms with Crippen LogP contribution in [0.3, 0.4) is 0 Å². The number of nitrogens with one attached hydrogen (secondary N) is 1. The van der Waals surface area contributed by atoms with Crippen molar-refractivity contribution < 1.29 is 4.79 Å². The van der Waals surface area contributed by atoms with Crippen molar-refractivity contribution in [3.8, 4) is 0 Å². The first-order valence-corrected chi connectivity index (χ1v) is 7.49. The summed E-state index contributed by atoms with van der Waals surface area (Å²) >= 11 is 9.42. The van der Waals surface area contributed by atoms with Gasteiger partial charge in [-0.2, -0.15) is 0 Å². The highest BCUT2D eigenvalue weighted by molar-refractivity contribution is 9.10. The summed E-state index contributed by atoms with van der Waals surface area (Å²) < 4.78 is 0.870.